The number of nitro groups is 1. The van der Waals surface area contributed by atoms with Gasteiger partial charge in [0.2, 0.25) is 0 Å². The molecule has 0 saturated carbocycles. The predicted molar refractivity (Wildman–Crippen MR) is 114 cm³/mol. The van der Waals surface area contributed by atoms with E-state index in [4.69, 9.17) is 11.6 Å². The van der Waals surface area contributed by atoms with Crippen LogP contribution in [0.3, 0.4) is 0 Å². The highest BCUT2D eigenvalue weighted by atomic mass is 79.9. The zero-order valence-electron chi connectivity index (χ0n) is 14.6. The fourth-order valence-corrected chi connectivity index (χ4v) is 3.16. The molecule has 0 aromatic heterocycles. The van der Waals surface area contributed by atoms with Crippen LogP contribution in [0.25, 0.3) is 0 Å². The summed E-state index contributed by atoms with van der Waals surface area (Å²) < 4.78 is 0.939. The molecule has 7 heteroatoms. The summed E-state index contributed by atoms with van der Waals surface area (Å²) >= 11 is 9.31. The van der Waals surface area contributed by atoms with E-state index < -0.39 is 4.92 Å². The van der Waals surface area contributed by atoms with Crippen LogP contribution in [-0.2, 0) is 0 Å². The van der Waals surface area contributed by atoms with E-state index >= 15 is 0 Å². The topological polar surface area (TPSA) is 72.2 Å². The number of non-ortho nitro benzene ring substituents is 1. The van der Waals surface area contributed by atoms with E-state index in [-0.39, 0.29) is 23.9 Å². The number of nitrogens with zero attached hydrogens (tertiary/aromatic N) is 1. The maximum Gasteiger partial charge on any atom is 0.269 e. The lowest BCUT2D eigenvalue weighted by molar-refractivity contribution is -0.384. The quantitative estimate of drug-likeness (QED) is 0.251. The number of Topliss-reactive ketones (excluding diaryl/α,β-unsaturated/α-hetero) is 1. The van der Waals surface area contributed by atoms with Gasteiger partial charge in [-0.25, -0.2) is 0 Å². The molecule has 28 heavy (non-hydrogen) atoms. The molecule has 0 saturated heterocycles. The van der Waals surface area contributed by atoms with Gasteiger partial charge in [-0.15, -0.1) is 0 Å². The Labute approximate surface area is 175 Å². The van der Waals surface area contributed by atoms with Crippen molar-refractivity contribution in [1.29, 1.82) is 0 Å². The Morgan fingerprint density at radius 2 is 1.61 bits per heavy atom. The van der Waals surface area contributed by atoms with Crippen LogP contribution in [0.2, 0.25) is 5.02 Å². The standard InChI is InChI=1S/C21H16BrClN2O3/c22-16-5-1-14(2-6-16)20(13-21(26)15-3-7-17(23)8-4-15)24-18-9-11-19(12-10-18)25(27)28/h1-12,20,24H,13H2. The van der Waals surface area contributed by atoms with Crippen molar-refractivity contribution in [3.63, 3.8) is 0 Å². The van der Waals surface area contributed by atoms with Gasteiger partial charge in [0.15, 0.2) is 5.78 Å². The van der Waals surface area contributed by atoms with Crippen LogP contribution in [-0.4, -0.2) is 10.7 Å². The van der Waals surface area contributed by atoms with Gasteiger partial charge in [0.1, 0.15) is 0 Å². The van der Waals surface area contributed by atoms with Gasteiger partial charge in [0.05, 0.1) is 11.0 Å². The van der Waals surface area contributed by atoms with Gasteiger partial charge in [0.25, 0.3) is 5.69 Å². The van der Waals surface area contributed by atoms with E-state index in [0.717, 1.165) is 10.0 Å². The van der Waals surface area contributed by atoms with Crippen molar-refractivity contribution in [3.8, 4) is 0 Å². The zero-order chi connectivity index (χ0) is 20.1. The number of ketones is 1. The Morgan fingerprint density at radius 3 is 2.18 bits per heavy atom. The van der Waals surface area contributed by atoms with Crippen molar-refractivity contribution in [2.75, 3.05) is 5.32 Å². The van der Waals surface area contributed by atoms with Gasteiger partial charge in [-0.3, -0.25) is 14.9 Å². The minimum Gasteiger partial charge on any atom is -0.378 e. The first-order valence-electron chi connectivity index (χ1n) is 8.47. The Morgan fingerprint density at radius 1 is 1.00 bits per heavy atom. The van der Waals surface area contributed by atoms with Gasteiger partial charge in [-0.2, -0.15) is 0 Å². The molecule has 0 aliphatic rings. The van der Waals surface area contributed by atoms with Crippen molar-refractivity contribution in [2.24, 2.45) is 0 Å². The molecule has 142 valence electrons. The van der Waals surface area contributed by atoms with Crippen molar-refractivity contribution >= 4 is 44.7 Å². The monoisotopic (exact) mass is 458 g/mol. The molecule has 1 N–H and O–H groups in total. The number of nitrogens with one attached hydrogen (secondary N) is 1. The summed E-state index contributed by atoms with van der Waals surface area (Å²) in [7, 11) is 0. The Hall–Kier alpha value is -2.70. The third-order valence-electron chi connectivity index (χ3n) is 4.25. The second kappa shape index (κ2) is 8.99. The molecule has 0 amide bonds. The lowest BCUT2D eigenvalue weighted by atomic mass is 9.97. The fourth-order valence-electron chi connectivity index (χ4n) is 2.77. The number of halogens is 2. The first-order chi connectivity index (χ1) is 13.4. The second-order valence-electron chi connectivity index (χ2n) is 6.19. The largest absolute Gasteiger partial charge is 0.378 e. The number of anilines is 1. The first-order valence-corrected chi connectivity index (χ1v) is 9.65. The van der Waals surface area contributed by atoms with Gasteiger partial charge in [0, 0.05) is 39.3 Å². The molecule has 0 spiro atoms. The van der Waals surface area contributed by atoms with E-state index in [0.29, 0.717) is 16.3 Å². The lowest BCUT2D eigenvalue weighted by Crippen LogP contribution is -2.16. The maximum absolute atomic E-state index is 12.8. The fraction of sp³-hybridized carbons (Fsp3) is 0.0952. The summed E-state index contributed by atoms with van der Waals surface area (Å²) in [5.41, 5.74) is 2.23. The van der Waals surface area contributed by atoms with Crippen molar-refractivity contribution in [2.45, 2.75) is 12.5 Å². The number of carbonyl (C=O) groups is 1. The van der Waals surface area contributed by atoms with Crippen molar-refractivity contribution in [3.05, 3.63) is 104 Å². The molecule has 3 rings (SSSR count). The highest BCUT2D eigenvalue weighted by Crippen LogP contribution is 2.27. The molecule has 1 unspecified atom stereocenters. The molecule has 5 nitrogen and oxygen atoms in total. The molecule has 0 bridgehead atoms. The normalized spacial score (nSPS) is 11.6. The smallest absolute Gasteiger partial charge is 0.269 e. The van der Waals surface area contributed by atoms with Crippen molar-refractivity contribution < 1.29 is 9.72 Å². The molecular formula is C21H16BrClN2O3. The molecule has 0 aliphatic heterocycles. The van der Waals surface area contributed by atoms with Crippen LogP contribution in [0, 0.1) is 10.1 Å². The maximum atomic E-state index is 12.8. The minimum atomic E-state index is -0.444. The highest BCUT2D eigenvalue weighted by molar-refractivity contribution is 9.10. The van der Waals surface area contributed by atoms with E-state index in [1.54, 1.807) is 36.4 Å². The van der Waals surface area contributed by atoms with Gasteiger partial charge >= 0.3 is 0 Å². The van der Waals surface area contributed by atoms with E-state index in [9.17, 15) is 14.9 Å². The molecule has 0 fully saturated rings. The lowest BCUT2D eigenvalue weighted by Gasteiger charge is -2.20. The number of hydrogen-bond donors (Lipinski definition) is 1. The van der Waals surface area contributed by atoms with Gasteiger partial charge in [-0.1, -0.05) is 39.7 Å². The first kappa shape index (κ1) is 20.0. The number of nitro benzene ring substituents is 1. The molecule has 3 aromatic carbocycles. The SMILES string of the molecule is O=C(CC(Nc1ccc([N+](=O)[O-])cc1)c1ccc(Br)cc1)c1ccc(Cl)cc1. The van der Waals surface area contributed by atoms with Crippen LogP contribution in [0.5, 0.6) is 0 Å². The summed E-state index contributed by atoms with van der Waals surface area (Å²) in [5, 5.41) is 14.7. The third kappa shape index (κ3) is 5.18. The van der Waals surface area contributed by atoms with Gasteiger partial charge < -0.3 is 5.32 Å². The molecule has 0 radical (unpaired) electrons. The Kier molecular flexibility index (Phi) is 6.44. The summed E-state index contributed by atoms with van der Waals surface area (Å²) in [4.78, 5) is 23.2. The van der Waals surface area contributed by atoms with Crippen LogP contribution in [0.1, 0.15) is 28.4 Å². The van der Waals surface area contributed by atoms with Crippen LogP contribution in [0.15, 0.2) is 77.3 Å². The summed E-state index contributed by atoms with van der Waals surface area (Å²) in [6.45, 7) is 0. The Bertz CT molecular complexity index is 974. The molecule has 3 aromatic rings. The zero-order valence-corrected chi connectivity index (χ0v) is 17.0. The molecule has 1 atom stereocenters. The number of rotatable bonds is 7. The van der Waals surface area contributed by atoms with Gasteiger partial charge in [-0.05, 0) is 54.1 Å². The summed E-state index contributed by atoms with van der Waals surface area (Å²) in [6.07, 6.45) is 0.222. The molecule has 0 heterocycles. The van der Waals surface area contributed by atoms with Crippen LogP contribution < -0.4 is 5.32 Å². The highest BCUT2D eigenvalue weighted by Gasteiger charge is 2.18. The minimum absolute atomic E-state index is 0.0167. The second-order valence-corrected chi connectivity index (χ2v) is 7.54. The van der Waals surface area contributed by atoms with Crippen molar-refractivity contribution in [1.82, 2.24) is 0 Å². The summed E-state index contributed by atoms with van der Waals surface area (Å²) in [6, 6.07) is 20.3. The van der Waals surface area contributed by atoms with E-state index in [2.05, 4.69) is 21.2 Å². The van der Waals surface area contributed by atoms with Crippen LogP contribution >= 0.6 is 27.5 Å². The number of benzene rings is 3. The number of hydrogen-bond acceptors (Lipinski definition) is 4. The number of carbonyl (C=O) groups excluding carboxylic acids is 1. The average molecular weight is 460 g/mol. The predicted octanol–water partition coefficient (Wildman–Crippen LogP) is 6.44. The van der Waals surface area contributed by atoms with E-state index in [1.165, 1.54) is 12.1 Å². The van der Waals surface area contributed by atoms with E-state index in [1.807, 2.05) is 24.3 Å². The third-order valence-corrected chi connectivity index (χ3v) is 5.03. The van der Waals surface area contributed by atoms with Crippen LogP contribution in [0.4, 0.5) is 11.4 Å². The Balaban J connectivity index is 1.84. The molecule has 0 aliphatic carbocycles. The summed E-state index contributed by atoms with van der Waals surface area (Å²) in [5.74, 6) is -0.0287. The average Bonchev–Trinajstić information content (AvgIpc) is 2.69. The molecular weight excluding hydrogens is 444 g/mol.